The van der Waals surface area contributed by atoms with E-state index in [2.05, 4.69) is 6.92 Å². The Morgan fingerprint density at radius 2 is 2.00 bits per heavy atom. The van der Waals surface area contributed by atoms with Crippen LogP contribution in [0.25, 0.3) is 0 Å². The molecule has 14 heavy (non-hydrogen) atoms. The Bertz CT molecular complexity index is 171. The van der Waals surface area contributed by atoms with Crippen LogP contribution in [0.3, 0.4) is 0 Å². The van der Waals surface area contributed by atoms with E-state index in [4.69, 9.17) is 0 Å². The molecule has 1 unspecified atom stereocenters. The van der Waals surface area contributed by atoms with Crippen LogP contribution in [0.5, 0.6) is 0 Å². The van der Waals surface area contributed by atoms with E-state index in [9.17, 15) is 9.90 Å². The quantitative estimate of drug-likeness (QED) is 0.690. The maximum atomic E-state index is 11.0. The normalized spacial score (nSPS) is 23.0. The summed E-state index contributed by atoms with van der Waals surface area (Å²) in [4.78, 5) is 11.0. The summed E-state index contributed by atoms with van der Waals surface area (Å²) in [7, 11) is 0. The highest BCUT2D eigenvalue weighted by molar-refractivity contribution is 5.55. The first-order chi connectivity index (χ1) is 6.73. The third kappa shape index (κ3) is 2.81. The number of carbonyl (C=O) groups excluding carboxylic acids is 1. The van der Waals surface area contributed by atoms with Crippen molar-refractivity contribution in [2.75, 3.05) is 0 Å². The molecule has 0 aromatic heterocycles. The number of unbranched alkanes of at least 4 members (excludes halogenated alkanes) is 1. The number of aliphatic hydroxyl groups is 1. The first-order valence-electron chi connectivity index (χ1n) is 5.90. The Hall–Kier alpha value is -0.370. The van der Waals surface area contributed by atoms with Crippen LogP contribution in [0.1, 0.15) is 58.3 Å². The third-order valence-electron chi connectivity index (χ3n) is 3.44. The lowest BCUT2D eigenvalue weighted by atomic mass is 9.74. The largest absolute Gasteiger partial charge is 0.389 e. The van der Waals surface area contributed by atoms with Crippen LogP contribution in [-0.2, 0) is 4.79 Å². The summed E-state index contributed by atoms with van der Waals surface area (Å²) in [6.45, 7) is 2.12. The highest BCUT2D eigenvalue weighted by atomic mass is 16.3. The summed E-state index contributed by atoms with van der Waals surface area (Å²) >= 11 is 0. The molecule has 0 spiro atoms. The van der Waals surface area contributed by atoms with Crippen LogP contribution in [0.2, 0.25) is 0 Å². The molecule has 1 atom stereocenters. The van der Waals surface area contributed by atoms with Gasteiger partial charge < -0.3 is 9.90 Å². The molecular weight excluding hydrogens is 176 g/mol. The van der Waals surface area contributed by atoms with Gasteiger partial charge in [0.05, 0.1) is 5.60 Å². The molecule has 82 valence electrons. The van der Waals surface area contributed by atoms with Crippen molar-refractivity contribution in [3.8, 4) is 0 Å². The number of hydrogen-bond donors (Lipinski definition) is 1. The second-order valence-corrected chi connectivity index (χ2v) is 4.55. The summed E-state index contributed by atoms with van der Waals surface area (Å²) in [5, 5.41) is 10.3. The zero-order valence-electron chi connectivity index (χ0n) is 9.17. The first kappa shape index (κ1) is 11.7. The molecule has 1 fully saturated rings. The van der Waals surface area contributed by atoms with Crippen molar-refractivity contribution in [1.29, 1.82) is 0 Å². The van der Waals surface area contributed by atoms with Crippen LogP contribution in [0.15, 0.2) is 0 Å². The van der Waals surface area contributed by atoms with Crippen molar-refractivity contribution in [3.05, 3.63) is 0 Å². The lowest BCUT2D eigenvalue weighted by molar-refractivity contribution is -0.123. The van der Waals surface area contributed by atoms with Gasteiger partial charge in [-0.05, 0) is 19.3 Å². The van der Waals surface area contributed by atoms with Gasteiger partial charge in [-0.25, -0.2) is 0 Å². The molecule has 0 radical (unpaired) electrons. The smallest absolute Gasteiger partial charge is 0.125 e. The van der Waals surface area contributed by atoms with Gasteiger partial charge in [0.25, 0.3) is 0 Å². The average Bonchev–Trinajstić information content (AvgIpc) is 2.20. The lowest BCUT2D eigenvalue weighted by Crippen LogP contribution is -2.40. The van der Waals surface area contributed by atoms with Crippen molar-refractivity contribution in [3.63, 3.8) is 0 Å². The van der Waals surface area contributed by atoms with Gasteiger partial charge in [0.2, 0.25) is 0 Å². The summed E-state index contributed by atoms with van der Waals surface area (Å²) in [6, 6.07) is 0. The minimum absolute atomic E-state index is 0.122. The van der Waals surface area contributed by atoms with Gasteiger partial charge in [-0.3, -0.25) is 0 Å². The molecule has 0 bridgehead atoms. The lowest BCUT2D eigenvalue weighted by Gasteiger charge is -2.36. The topological polar surface area (TPSA) is 37.3 Å². The third-order valence-corrected chi connectivity index (χ3v) is 3.44. The monoisotopic (exact) mass is 198 g/mol. The van der Waals surface area contributed by atoms with Crippen LogP contribution in [-0.4, -0.2) is 17.0 Å². The highest BCUT2D eigenvalue weighted by Crippen LogP contribution is 2.35. The molecule has 0 saturated heterocycles. The minimum Gasteiger partial charge on any atom is -0.389 e. The molecular formula is C12H22O2. The second kappa shape index (κ2) is 5.50. The summed E-state index contributed by atoms with van der Waals surface area (Å²) in [6.07, 6.45) is 8.98. The van der Waals surface area contributed by atoms with Crippen LogP contribution >= 0.6 is 0 Å². The van der Waals surface area contributed by atoms with E-state index in [1.807, 2.05) is 0 Å². The standard InChI is InChI=1S/C12H22O2/c1-2-3-7-11(10-13)12(14)8-5-4-6-9-12/h10-11,14H,2-9H2,1H3. The summed E-state index contributed by atoms with van der Waals surface area (Å²) in [5.41, 5.74) is -0.671. The molecule has 1 aliphatic carbocycles. The van der Waals surface area contributed by atoms with E-state index in [1.165, 1.54) is 6.42 Å². The van der Waals surface area contributed by atoms with E-state index in [1.54, 1.807) is 0 Å². The fraction of sp³-hybridized carbons (Fsp3) is 0.917. The molecule has 0 heterocycles. The number of rotatable bonds is 5. The predicted octanol–water partition coefficient (Wildman–Crippen LogP) is 2.69. The molecule has 1 rings (SSSR count). The molecule has 0 amide bonds. The van der Waals surface area contributed by atoms with E-state index >= 15 is 0 Å². The summed E-state index contributed by atoms with van der Waals surface area (Å²) in [5.74, 6) is -0.122. The van der Waals surface area contributed by atoms with Gasteiger partial charge in [0.15, 0.2) is 0 Å². The second-order valence-electron chi connectivity index (χ2n) is 4.55. The minimum atomic E-state index is -0.671. The van der Waals surface area contributed by atoms with Crippen molar-refractivity contribution in [2.24, 2.45) is 5.92 Å². The highest BCUT2D eigenvalue weighted by Gasteiger charge is 2.36. The van der Waals surface area contributed by atoms with Crippen molar-refractivity contribution in [2.45, 2.75) is 63.9 Å². The van der Waals surface area contributed by atoms with E-state index < -0.39 is 5.60 Å². The average molecular weight is 198 g/mol. The van der Waals surface area contributed by atoms with Crippen LogP contribution in [0, 0.1) is 5.92 Å². The van der Waals surface area contributed by atoms with Crippen molar-refractivity contribution < 1.29 is 9.90 Å². The molecule has 1 aliphatic rings. The summed E-state index contributed by atoms with van der Waals surface area (Å²) < 4.78 is 0. The van der Waals surface area contributed by atoms with E-state index in [-0.39, 0.29) is 5.92 Å². The fourth-order valence-corrected chi connectivity index (χ4v) is 2.42. The molecule has 1 N–H and O–H groups in total. The maximum Gasteiger partial charge on any atom is 0.125 e. The number of carbonyl (C=O) groups is 1. The predicted molar refractivity (Wildman–Crippen MR) is 57.1 cm³/mol. The van der Waals surface area contributed by atoms with E-state index in [0.717, 1.165) is 51.2 Å². The number of aldehydes is 1. The van der Waals surface area contributed by atoms with Gasteiger partial charge in [0.1, 0.15) is 6.29 Å². The van der Waals surface area contributed by atoms with Crippen molar-refractivity contribution in [1.82, 2.24) is 0 Å². The molecule has 0 aromatic carbocycles. The maximum absolute atomic E-state index is 11.0. The molecule has 2 nitrogen and oxygen atoms in total. The van der Waals surface area contributed by atoms with Gasteiger partial charge in [-0.1, -0.05) is 39.0 Å². The molecule has 0 aromatic rings. The van der Waals surface area contributed by atoms with Gasteiger partial charge >= 0.3 is 0 Å². The zero-order chi connectivity index (χ0) is 10.4. The Morgan fingerprint density at radius 3 is 2.50 bits per heavy atom. The zero-order valence-corrected chi connectivity index (χ0v) is 9.17. The van der Waals surface area contributed by atoms with Gasteiger partial charge in [-0.15, -0.1) is 0 Å². The first-order valence-corrected chi connectivity index (χ1v) is 5.90. The molecule has 0 aliphatic heterocycles. The Morgan fingerprint density at radius 1 is 1.36 bits per heavy atom. The van der Waals surface area contributed by atoms with E-state index in [0.29, 0.717) is 0 Å². The molecule has 1 saturated carbocycles. The number of hydrogen-bond acceptors (Lipinski definition) is 2. The van der Waals surface area contributed by atoms with Crippen LogP contribution < -0.4 is 0 Å². The SMILES string of the molecule is CCCCC(C=O)C1(O)CCCCC1. The molecule has 2 heteroatoms. The fourth-order valence-electron chi connectivity index (χ4n) is 2.42. The van der Waals surface area contributed by atoms with Crippen LogP contribution in [0.4, 0.5) is 0 Å². The Balaban J connectivity index is 2.51. The Labute approximate surface area is 86.7 Å². The van der Waals surface area contributed by atoms with Gasteiger partial charge in [-0.2, -0.15) is 0 Å². The Kier molecular flexibility index (Phi) is 4.59. The van der Waals surface area contributed by atoms with Gasteiger partial charge in [0, 0.05) is 5.92 Å². The van der Waals surface area contributed by atoms with Crippen molar-refractivity contribution >= 4 is 6.29 Å².